The lowest BCUT2D eigenvalue weighted by Crippen LogP contribution is -2.26. The molecule has 1 aliphatic rings. The molecular weight excluding hydrogens is 601 g/mol. The number of likely N-dealkylation sites (tertiary alicyclic amines) is 1. The molecule has 47 heavy (non-hydrogen) atoms. The second kappa shape index (κ2) is 12.8. The summed E-state index contributed by atoms with van der Waals surface area (Å²) in [4.78, 5) is 35.7. The molecule has 5 aromatic rings. The molecular formula is C35H36FN7O4. The van der Waals surface area contributed by atoms with Crippen LogP contribution in [0.25, 0.3) is 22.2 Å². The zero-order valence-corrected chi connectivity index (χ0v) is 26.8. The van der Waals surface area contributed by atoms with Gasteiger partial charge < -0.3 is 19.5 Å². The van der Waals surface area contributed by atoms with E-state index >= 15 is 4.39 Å². The molecule has 3 aromatic heterocycles. The molecule has 242 valence electrons. The molecule has 0 aliphatic carbocycles. The predicted molar refractivity (Wildman–Crippen MR) is 173 cm³/mol. The van der Waals surface area contributed by atoms with Crippen molar-refractivity contribution in [2.45, 2.75) is 51.6 Å². The van der Waals surface area contributed by atoms with Gasteiger partial charge in [0.05, 0.1) is 24.7 Å². The van der Waals surface area contributed by atoms with Gasteiger partial charge in [0.1, 0.15) is 11.6 Å². The number of methoxy groups -OCH3 is 1. The molecule has 2 amide bonds. The zero-order valence-electron chi connectivity index (χ0n) is 26.8. The molecule has 0 radical (unpaired) electrons. The number of aromatic nitrogens is 5. The normalized spacial score (nSPS) is 14.8. The van der Waals surface area contributed by atoms with Gasteiger partial charge in [0.15, 0.2) is 5.65 Å². The summed E-state index contributed by atoms with van der Waals surface area (Å²) in [7, 11) is 1.62. The Balaban J connectivity index is 1.31. The number of ether oxygens (including phenoxy) is 1. The summed E-state index contributed by atoms with van der Waals surface area (Å²) in [6.45, 7) is 10.8. The highest BCUT2D eigenvalue weighted by Crippen LogP contribution is 2.37. The first-order valence-corrected chi connectivity index (χ1v) is 15.4. The lowest BCUT2D eigenvalue weighted by molar-refractivity contribution is -0.125. The Morgan fingerprint density at radius 2 is 1.96 bits per heavy atom. The summed E-state index contributed by atoms with van der Waals surface area (Å²) in [5.41, 5.74) is 3.79. The quantitative estimate of drug-likeness (QED) is 0.213. The average molecular weight is 638 g/mol. The number of hydrogen-bond acceptors (Lipinski definition) is 8. The highest BCUT2D eigenvalue weighted by molar-refractivity contribution is 5.95. The minimum atomic E-state index is -0.557. The topological polar surface area (TPSA) is 128 Å². The molecule has 1 atom stereocenters. The number of halogens is 1. The molecule has 1 unspecified atom stereocenters. The molecule has 12 heteroatoms. The van der Waals surface area contributed by atoms with E-state index in [4.69, 9.17) is 19.3 Å². The van der Waals surface area contributed by atoms with Crippen LogP contribution in [0.15, 0.2) is 71.9 Å². The van der Waals surface area contributed by atoms with Crippen LogP contribution in [0.1, 0.15) is 66.4 Å². The molecule has 1 saturated heterocycles. The van der Waals surface area contributed by atoms with Gasteiger partial charge in [0.25, 0.3) is 11.7 Å². The van der Waals surface area contributed by atoms with Crippen molar-refractivity contribution < 1.29 is 23.2 Å². The first-order valence-electron chi connectivity index (χ1n) is 15.4. The van der Waals surface area contributed by atoms with Crippen molar-refractivity contribution in [1.29, 1.82) is 0 Å². The zero-order chi connectivity index (χ0) is 33.3. The van der Waals surface area contributed by atoms with Gasteiger partial charge >= 0.3 is 0 Å². The number of rotatable bonds is 9. The fourth-order valence-electron chi connectivity index (χ4n) is 5.71. The highest BCUT2D eigenvalue weighted by Gasteiger charge is 2.31. The van der Waals surface area contributed by atoms with E-state index in [1.807, 2.05) is 61.9 Å². The number of carbonyl (C=O) groups excluding carboxylic acids is 2. The van der Waals surface area contributed by atoms with E-state index in [-0.39, 0.29) is 24.2 Å². The molecule has 0 saturated carbocycles. The van der Waals surface area contributed by atoms with Gasteiger partial charge in [-0.2, -0.15) is 10.1 Å². The summed E-state index contributed by atoms with van der Waals surface area (Å²) in [5.74, 6) is -0.203. The van der Waals surface area contributed by atoms with E-state index in [0.29, 0.717) is 42.3 Å². The molecule has 0 spiro atoms. The maximum Gasteiger partial charge on any atom is 0.292 e. The third-order valence-electron chi connectivity index (χ3n) is 8.29. The summed E-state index contributed by atoms with van der Waals surface area (Å²) >= 11 is 0. The molecule has 11 nitrogen and oxygen atoms in total. The number of pyridine rings is 1. The Morgan fingerprint density at radius 3 is 2.64 bits per heavy atom. The smallest absolute Gasteiger partial charge is 0.292 e. The predicted octanol–water partition coefficient (Wildman–Crippen LogP) is 5.41. The van der Waals surface area contributed by atoms with Gasteiger partial charge in [-0.3, -0.25) is 9.59 Å². The first kappa shape index (κ1) is 31.6. The van der Waals surface area contributed by atoms with E-state index in [0.717, 1.165) is 34.4 Å². The van der Waals surface area contributed by atoms with Crippen LogP contribution in [0.4, 0.5) is 4.39 Å². The van der Waals surface area contributed by atoms with Crippen molar-refractivity contribution in [3.63, 3.8) is 0 Å². The Bertz CT molecular complexity index is 1960. The Morgan fingerprint density at radius 1 is 1.17 bits per heavy atom. The van der Waals surface area contributed by atoms with E-state index < -0.39 is 17.1 Å². The van der Waals surface area contributed by atoms with Crippen molar-refractivity contribution >= 4 is 22.8 Å². The molecule has 1 N–H and O–H groups in total. The minimum Gasteiger partial charge on any atom is -0.497 e. The number of hydrogen-bond donors (Lipinski definition) is 1. The van der Waals surface area contributed by atoms with Crippen molar-refractivity contribution in [3.05, 3.63) is 102 Å². The SMILES string of the molecule is C=CC(=O)N1CCC(c2nn(Cc3ccc(OC)cc3)c3nccc(-c4ccc(CNC(=O)c5noc(C(C)(C)C)n5)c(F)c4)c23)C1. The van der Waals surface area contributed by atoms with Crippen molar-refractivity contribution in [2.75, 3.05) is 20.2 Å². The molecule has 1 fully saturated rings. The highest BCUT2D eigenvalue weighted by atomic mass is 19.1. The second-order valence-electron chi connectivity index (χ2n) is 12.6. The fraction of sp³-hybridized carbons (Fsp3) is 0.314. The molecule has 1 aliphatic heterocycles. The Hall–Kier alpha value is -5.39. The maximum atomic E-state index is 15.6. The largest absolute Gasteiger partial charge is 0.497 e. The van der Waals surface area contributed by atoms with Crippen molar-refractivity contribution in [3.8, 4) is 16.9 Å². The van der Waals surface area contributed by atoms with Gasteiger partial charge in [0, 0.05) is 42.7 Å². The van der Waals surface area contributed by atoms with Gasteiger partial charge in [-0.05, 0) is 53.5 Å². The third kappa shape index (κ3) is 6.49. The van der Waals surface area contributed by atoms with Gasteiger partial charge in [0.2, 0.25) is 11.8 Å². The molecule has 0 bridgehead atoms. The van der Waals surface area contributed by atoms with Crippen LogP contribution in [-0.4, -0.2) is 61.8 Å². The van der Waals surface area contributed by atoms with E-state index in [1.165, 1.54) is 12.1 Å². The van der Waals surface area contributed by atoms with Crippen LogP contribution in [0, 0.1) is 5.82 Å². The summed E-state index contributed by atoms with van der Waals surface area (Å²) in [6.07, 6.45) is 3.75. The number of carbonyl (C=O) groups is 2. The number of nitrogens with zero attached hydrogens (tertiary/aromatic N) is 6. The van der Waals surface area contributed by atoms with Gasteiger partial charge in [-0.25, -0.2) is 14.1 Å². The number of nitrogens with one attached hydrogen (secondary N) is 1. The monoisotopic (exact) mass is 637 g/mol. The van der Waals surface area contributed by atoms with E-state index in [1.54, 1.807) is 24.3 Å². The summed E-state index contributed by atoms with van der Waals surface area (Å²) in [6, 6.07) is 14.5. The molecule has 6 rings (SSSR count). The van der Waals surface area contributed by atoms with Gasteiger partial charge in [-0.1, -0.05) is 56.8 Å². The van der Waals surface area contributed by atoms with E-state index in [9.17, 15) is 9.59 Å². The molecule has 4 heterocycles. The minimum absolute atomic E-state index is 0.0373. The maximum absolute atomic E-state index is 15.6. The summed E-state index contributed by atoms with van der Waals surface area (Å²) < 4.78 is 28.0. The fourth-order valence-corrected chi connectivity index (χ4v) is 5.71. The number of fused-ring (bicyclic) bond motifs is 1. The molecule has 2 aromatic carbocycles. The van der Waals surface area contributed by atoms with Crippen LogP contribution in [-0.2, 0) is 23.3 Å². The lowest BCUT2D eigenvalue weighted by atomic mass is 9.95. The van der Waals surface area contributed by atoms with Crippen LogP contribution >= 0.6 is 0 Å². The number of amides is 2. The summed E-state index contributed by atoms with van der Waals surface area (Å²) in [5, 5.41) is 12.3. The number of benzene rings is 2. The van der Waals surface area contributed by atoms with Crippen LogP contribution < -0.4 is 10.1 Å². The van der Waals surface area contributed by atoms with Crippen LogP contribution in [0.3, 0.4) is 0 Å². The van der Waals surface area contributed by atoms with Crippen LogP contribution in [0.5, 0.6) is 5.75 Å². The van der Waals surface area contributed by atoms with Crippen molar-refractivity contribution in [2.24, 2.45) is 0 Å². The van der Waals surface area contributed by atoms with Crippen molar-refractivity contribution in [1.82, 2.24) is 35.1 Å². The van der Waals surface area contributed by atoms with E-state index in [2.05, 4.69) is 22.0 Å². The van der Waals surface area contributed by atoms with Crippen LogP contribution in [0.2, 0.25) is 0 Å². The lowest BCUT2D eigenvalue weighted by Gasteiger charge is -2.14. The Kier molecular flexibility index (Phi) is 8.59. The standard InChI is InChI=1S/C35H36FN7O4/c1-6-28(44)42-16-14-24(20-42)30-29-26(13-15-37-32(29)43(40-30)19-21-7-11-25(46-5)12-8-21)22-9-10-23(27(36)17-22)18-38-33(45)31-39-34(47-41-31)35(2,3)4/h6-13,15,17,24H,1,14,16,18-20H2,2-5H3,(H,38,45). The Labute approximate surface area is 271 Å². The third-order valence-corrected chi connectivity index (χ3v) is 8.29. The first-order chi connectivity index (χ1) is 22.5. The second-order valence-corrected chi connectivity index (χ2v) is 12.6. The average Bonchev–Trinajstić information content (AvgIpc) is 3.83. The van der Waals surface area contributed by atoms with Gasteiger partial charge in [-0.15, -0.1) is 0 Å².